The lowest BCUT2D eigenvalue weighted by atomic mass is 10.1. The SMILES string of the molecule is CCCCCCCCCNC(=O)[C@H]1O[C@@H](n2cnc3c(N)ncnc32)[C@H](O)[C@@H]1O. The van der Waals surface area contributed by atoms with E-state index in [-0.39, 0.29) is 5.82 Å². The van der Waals surface area contributed by atoms with Crippen LogP contribution in [0.15, 0.2) is 12.7 Å². The van der Waals surface area contributed by atoms with E-state index in [4.69, 9.17) is 10.5 Å². The van der Waals surface area contributed by atoms with Gasteiger partial charge < -0.3 is 26.0 Å². The van der Waals surface area contributed by atoms with Crippen LogP contribution in [0.4, 0.5) is 5.82 Å². The minimum atomic E-state index is -1.36. The van der Waals surface area contributed by atoms with Crippen LogP contribution in [0.3, 0.4) is 0 Å². The number of unbranched alkanes of at least 4 members (excludes halogenated alkanes) is 6. The summed E-state index contributed by atoms with van der Waals surface area (Å²) in [6.07, 6.45) is 5.87. The Morgan fingerprint density at radius 3 is 2.62 bits per heavy atom. The number of hydrogen-bond acceptors (Lipinski definition) is 8. The molecule has 0 aromatic carbocycles. The van der Waals surface area contributed by atoms with Gasteiger partial charge in [0.2, 0.25) is 0 Å². The molecule has 10 nitrogen and oxygen atoms in total. The van der Waals surface area contributed by atoms with Gasteiger partial charge in [-0.05, 0) is 6.42 Å². The first-order valence-corrected chi connectivity index (χ1v) is 10.3. The molecule has 0 saturated carbocycles. The van der Waals surface area contributed by atoms with E-state index in [0.717, 1.165) is 19.3 Å². The Morgan fingerprint density at radius 2 is 1.86 bits per heavy atom. The lowest BCUT2D eigenvalue weighted by molar-refractivity contribution is -0.137. The van der Waals surface area contributed by atoms with Crippen LogP contribution >= 0.6 is 0 Å². The van der Waals surface area contributed by atoms with Crippen molar-refractivity contribution in [2.45, 2.75) is 76.4 Å². The summed E-state index contributed by atoms with van der Waals surface area (Å²) in [5, 5.41) is 23.5. The highest BCUT2D eigenvalue weighted by Gasteiger charge is 2.47. The molecule has 0 aliphatic carbocycles. The summed E-state index contributed by atoms with van der Waals surface area (Å²) in [6.45, 7) is 2.70. The zero-order valence-corrected chi connectivity index (χ0v) is 16.7. The van der Waals surface area contributed by atoms with Crippen molar-refractivity contribution in [3.05, 3.63) is 12.7 Å². The number of nitrogens with two attached hydrogens (primary N) is 1. The van der Waals surface area contributed by atoms with Crippen LogP contribution in [0.1, 0.15) is 58.1 Å². The van der Waals surface area contributed by atoms with E-state index in [0.29, 0.717) is 17.7 Å². The summed E-state index contributed by atoms with van der Waals surface area (Å²) >= 11 is 0. The lowest BCUT2D eigenvalue weighted by Gasteiger charge is -2.16. The van der Waals surface area contributed by atoms with Gasteiger partial charge in [-0.25, -0.2) is 15.0 Å². The molecule has 0 bridgehead atoms. The summed E-state index contributed by atoms with van der Waals surface area (Å²) < 4.78 is 7.12. The Balaban J connectivity index is 1.52. The van der Waals surface area contributed by atoms with E-state index < -0.39 is 30.4 Å². The first kappa shape index (κ1) is 21.4. The minimum Gasteiger partial charge on any atom is -0.387 e. The third kappa shape index (κ3) is 4.82. The van der Waals surface area contributed by atoms with Crippen LogP contribution in [-0.4, -0.2) is 60.5 Å². The molecular formula is C19H30N6O4. The molecule has 0 unspecified atom stereocenters. The van der Waals surface area contributed by atoms with Crippen LogP contribution in [0, 0.1) is 0 Å². The Kier molecular flexibility index (Phi) is 7.34. The summed E-state index contributed by atoms with van der Waals surface area (Å²) in [4.78, 5) is 24.5. The van der Waals surface area contributed by atoms with E-state index in [1.54, 1.807) is 0 Å². The number of aliphatic hydroxyl groups excluding tert-OH is 2. The fourth-order valence-electron chi connectivity index (χ4n) is 3.56. The molecule has 3 rings (SSSR count). The second-order valence-corrected chi connectivity index (χ2v) is 7.42. The number of nitrogens with one attached hydrogen (secondary N) is 1. The normalized spacial score (nSPS) is 24.2. The van der Waals surface area contributed by atoms with Crippen molar-refractivity contribution in [2.24, 2.45) is 0 Å². The molecule has 1 aliphatic rings. The third-order valence-corrected chi connectivity index (χ3v) is 5.24. The largest absolute Gasteiger partial charge is 0.387 e. The van der Waals surface area contributed by atoms with Gasteiger partial charge in [0.1, 0.15) is 24.1 Å². The molecule has 1 saturated heterocycles. The van der Waals surface area contributed by atoms with Crippen LogP contribution in [0.25, 0.3) is 11.2 Å². The van der Waals surface area contributed by atoms with E-state index in [1.807, 2.05) is 0 Å². The van der Waals surface area contributed by atoms with Crippen molar-refractivity contribution in [2.75, 3.05) is 12.3 Å². The van der Waals surface area contributed by atoms with Gasteiger partial charge in [-0.2, -0.15) is 0 Å². The number of rotatable bonds is 10. The van der Waals surface area contributed by atoms with Crippen molar-refractivity contribution in [1.29, 1.82) is 0 Å². The van der Waals surface area contributed by atoms with Crippen molar-refractivity contribution in [3.8, 4) is 0 Å². The fourth-order valence-corrected chi connectivity index (χ4v) is 3.56. The molecule has 5 N–H and O–H groups in total. The Labute approximate surface area is 169 Å². The van der Waals surface area contributed by atoms with Gasteiger partial charge >= 0.3 is 0 Å². The van der Waals surface area contributed by atoms with Gasteiger partial charge in [-0.15, -0.1) is 0 Å². The number of imidazole rings is 1. The highest BCUT2D eigenvalue weighted by molar-refractivity contribution is 5.82. The highest BCUT2D eigenvalue weighted by Crippen LogP contribution is 2.32. The first-order valence-electron chi connectivity index (χ1n) is 10.3. The molecule has 2 aromatic rings. The van der Waals surface area contributed by atoms with Gasteiger partial charge in [-0.1, -0.05) is 45.4 Å². The number of anilines is 1. The van der Waals surface area contributed by atoms with Gasteiger partial charge in [0.25, 0.3) is 5.91 Å². The number of aromatic nitrogens is 4. The second kappa shape index (κ2) is 9.95. The second-order valence-electron chi connectivity index (χ2n) is 7.42. The lowest BCUT2D eigenvalue weighted by Crippen LogP contribution is -2.43. The number of amides is 1. The predicted octanol–water partition coefficient (Wildman–Crippen LogP) is 0.894. The third-order valence-electron chi connectivity index (χ3n) is 5.24. The van der Waals surface area contributed by atoms with E-state index >= 15 is 0 Å². The minimum absolute atomic E-state index is 0.200. The average Bonchev–Trinajstić information content (AvgIpc) is 3.26. The topological polar surface area (TPSA) is 148 Å². The molecule has 2 aromatic heterocycles. The molecule has 1 amide bonds. The quantitative estimate of drug-likeness (QED) is 0.425. The molecule has 10 heteroatoms. The monoisotopic (exact) mass is 406 g/mol. The Hall–Kier alpha value is -2.30. The van der Waals surface area contributed by atoms with Crippen LogP contribution < -0.4 is 11.1 Å². The molecule has 1 fully saturated rings. The zero-order valence-electron chi connectivity index (χ0n) is 16.7. The maximum atomic E-state index is 12.4. The molecule has 0 radical (unpaired) electrons. The molecule has 29 heavy (non-hydrogen) atoms. The van der Waals surface area contributed by atoms with Crippen LogP contribution in [0.5, 0.6) is 0 Å². The molecule has 3 heterocycles. The summed E-state index contributed by atoms with van der Waals surface area (Å²) in [5.41, 5.74) is 6.50. The van der Waals surface area contributed by atoms with E-state index in [9.17, 15) is 15.0 Å². The van der Waals surface area contributed by atoms with Crippen LogP contribution in [0.2, 0.25) is 0 Å². The number of nitrogen functional groups attached to an aromatic ring is 1. The van der Waals surface area contributed by atoms with Gasteiger partial charge in [-0.3, -0.25) is 9.36 Å². The smallest absolute Gasteiger partial charge is 0.252 e. The number of fused-ring (bicyclic) bond motifs is 1. The molecule has 160 valence electrons. The Bertz CT molecular complexity index is 813. The maximum absolute atomic E-state index is 12.4. The van der Waals surface area contributed by atoms with Crippen molar-refractivity contribution in [3.63, 3.8) is 0 Å². The molecule has 1 aliphatic heterocycles. The fraction of sp³-hybridized carbons (Fsp3) is 0.684. The van der Waals surface area contributed by atoms with Crippen molar-refractivity contribution >= 4 is 22.9 Å². The van der Waals surface area contributed by atoms with Gasteiger partial charge in [0.05, 0.1) is 6.33 Å². The summed E-state index contributed by atoms with van der Waals surface area (Å²) in [7, 11) is 0. The van der Waals surface area contributed by atoms with Gasteiger partial charge in [0, 0.05) is 6.54 Å². The number of ether oxygens (including phenoxy) is 1. The highest BCUT2D eigenvalue weighted by atomic mass is 16.6. The Morgan fingerprint density at radius 1 is 1.14 bits per heavy atom. The number of carbonyl (C=O) groups is 1. The van der Waals surface area contributed by atoms with Crippen molar-refractivity contribution < 1.29 is 19.7 Å². The number of carbonyl (C=O) groups excluding carboxylic acids is 1. The predicted molar refractivity (Wildman–Crippen MR) is 107 cm³/mol. The van der Waals surface area contributed by atoms with Crippen molar-refractivity contribution in [1.82, 2.24) is 24.8 Å². The molecule has 0 spiro atoms. The van der Waals surface area contributed by atoms with E-state index in [1.165, 1.54) is 42.9 Å². The zero-order chi connectivity index (χ0) is 20.8. The summed E-state index contributed by atoms with van der Waals surface area (Å²) in [5.74, 6) is -0.241. The van der Waals surface area contributed by atoms with Gasteiger partial charge in [0.15, 0.2) is 23.8 Å². The summed E-state index contributed by atoms with van der Waals surface area (Å²) in [6, 6.07) is 0. The number of hydrogen-bond donors (Lipinski definition) is 4. The average molecular weight is 406 g/mol. The number of nitrogens with zero attached hydrogens (tertiary/aromatic N) is 4. The standard InChI is InChI=1S/C19H30N6O4/c1-2-3-4-5-6-7-8-9-21-18(28)15-13(26)14(27)19(29-15)25-11-24-12-16(20)22-10-23-17(12)25/h10-11,13-15,19,26-27H,2-9H2,1H3,(H,21,28)(H2,20,22,23)/t13-,14+,15-,19+/m0/s1. The first-order chi connectivity index (χ1) is 14.0. The number of aliphatic hydroxyl groups is 2. The molecular weight excluding hydrogens is 376 g/mol. The maximum Gasteiger partial charge on any atom is 0.252 e. The van der Waals surface area contributed by atoms with Crippen LogP contribution in [-0.2, 0) is 9.53 Å². The van der Waals surface area contributed by atoms with E-state index in [2.05, 4.69) is 27.2 Å². The molecule has 4 atom stereocenters.